The van der Waals surface area contributed by atoms with E-state index in [0.29, 0.717) is 0 Å². The molecular formula is C20H28O12. The average molecular weight is 460 g/mol. The van der Waals surface area contributed by atoms with E-state index in [9.17, 15) is 29.1 Å². The fourth-order valence-electron chi connectivity index (χ4n) is 2.59. The molecule has 0 unspecified atom stereocenters. The second kappa shape index (κ2) is 13.4. The highest BCUT2D eigenvalue weighted by Crippen LogP contribution is 2.30. The average Bonchev–Trinajstić information content (AvgIpc) is 2.79. The maximum absolute atomic E-state index is 12.1. The Morgan fingerprint density at radius 3 is 1.69 bits per heavy atom. The highest BCUT2D eigenvalue weighted by molar-refractivity contribution is 5.91. The number of aliphatic hydroxyl groups is 1. The highest BCUT2D eigenvalue weighted by Gasteiger charge is 2.53. The van der Waals surface area contributed by atoms with Gasteiger partial charge in [-0.05, 0) is 0 Å². The van der Waals surface area contributed by atoms with Crippen molar-refractivity contribution >= 4 is 29.8 Å². The van der Waals surface area contributed by atoms with Crippen molar-refractivity contribution in [3.63, 3.8) is 0 Å². The molecule has 12 heteroatoms. The zero-order valence-corrected chi connectivity index (χ0v) is 18.3. The van der Waals surface area contributed by atoms with Gasteiger partial charge in [0.1, 0.15) is 6.10 Å². The largest absolute Gasteiger partial charge is 0.466 e. The van der Waals surface area contributed by atoms with E-state index in [4.69, 9.17) is 23.7 Å². The minimum Gasteiger partial charge on any atom is -0.466 e. The number of carbonyl (C=O) groups excluding carboxylic acids is 5. The van der Waals surface area contributed by atoms with Crippen molar-refractivity contribution in [2.45, 2.75) is 70.7 Å². The van der Waals surface area contributed by atoms with Gasteiger partial charge in [-0.3, -0.25) is 14.4 Å². The van der Waals surface area contributed by atoms with Gasteiger partial charge in [0.05, 0.1) is 13.7 Å². The van der Waals surface area contributed by atoms with E-state index in [2.05, 4.69) is 4.74 Å². The zero-order valence-electron chi connectivity index (χ0n) is 18.3. The molecule has 1 N–H and O–H groups in total. The molecule has 12 nitrogen and oxygen atoms in total. The van der Waals surface area contributed by atoms with Crippen molar-refractivity contribution in [3.05, 3.63) is 12.2 Å². The van der Waals surface area contributed by atoms with Gasteiger partial charge in [-0.15, -0.1) is 0 Å². The first-order chi connectivity index (χ1) is 15.2. The van der Waals surface area contributed by atoms with E-state index in [0.717, 1.165) is 19.3 Å². The number of ether oxygens (including phenoxy) is 6. The van der Waals surface area contributed by atoms with Crippen LogP contribution < -0.4 is 0 Å². The molecule has 0 amide bonds. The molecule has 1 fully saturated rings. The van der Waals surface area contributed by atoms with Gasteiger partial charge in [0, 0.05) is 31.4 Å². The fourth-order valence-corrected chi connectivity index (χ4v) is 2.59. The third-order valence-electron chi connectivity index (χ3n) is 4.23. The maximum Gasteiger partial charge on any atom is 0.333 e. The number of aliphatic hydroxyl groups excluding tert-OH is 1. The standard InChI is InChI=1S/C20H28O12/c1-5-12(22)29-17-11(10-21)28-20(32-16(26)9-8-15(25)27-4)19(31-14(24)7-3)18(17)30-13(23)6-2/h8-9,11,17-21H,5-7,10H2,1-4H3/b9-8+/t11-,17+,18+,19-,20+/m1/s1. The first-order valence-corrected chi connectivity index (χ1v) is 10.0. The molecule has 0 radical (unpaired) electrons. The van der Waals surface area contributed by atoms with Crippen LogP contribution in [0.5, 0.6) is 0 Å². The zero-order chi connectivity index (χ0) is 24.3. The highest BCUT2D eigenvalue weighted by atomic mass is 16.7. The minimum absolute atomic E-state index is 0.0285. The summed E-state index contributed by atoms with van der Waals surface area (Å²) in [4.78, 5) is 59.3. The summed E-state index contributed by atoms with van der Waals surface area (Å²) in [5, 5.41) is 9.75. The molecule has 1 heterocycles. The van der Waals surface area contributed by atoms with Gasteiger partial charge in [-0.1, -0.05) is 20.8 Å². The SMILES string of the molecule is CCC(=O)O[C@H]1[C@@H](OC(=O)CC)[C@@H](CO)O[C@@H](OC(=O)/C=C/C(=O)OC)[C@@H]1OC(=O)CC. The smallest absolute Gasteiger partial charge is 0.333 e. The summed E-state index contributed by atoms with van der Waals surface area (Å²) in [6.07, 6.45) is -5.86. The lowest BCUT2D eigenvalue weighted by atomic mass is 9.98. The van der Waals surface area contributed by atoms with Crippen LogP contribution in [0.3, 0.4) is 0 Å². The van der Waals surface area contributed by atoms with Gasteiger partial charge in [-0.25, -0.2) is 9.59 Å². The molecule has 0 aliphatic carbocycles. The van der Waals surface area contributed by atoms with Crippen molar-refractivity contribution in [3.8, 4) is 0 Å². The Hall–Kier alpha value is -2.99. The molecule has 1 saturated heterocycles. The van der Waals surface area contributed by atoms with Gasteiger partial charge < -0.3 is 33.5 Å². The normalized spacial score (nSPS) is 25.0. The van der Waals surface area contributed by atoms with Gasteiger partial charge in [-0.2, -0.15) is 0 Å². The lowest BCUT2D eigenvalue weighted by molar-refractivity contribution is -0.299. The Labute approximate surface area is 184 Å². The number of rotatable bonds is 10. The van der Waals surface area contributed by atoms with Crippen molar-refractivity contribution < 1.29 is 57.5 Å². The van der Waals surface area contributed by atoms with Crippen LogP contribution in [-0.4, -0.2) is 79.4 Å². The van der Waals surface area contributed by atoms with Gasteiger partial charge in [0.15, 0.2) is 12.2 Å². The quantitative estimate of drug-likeness (QED) is 0.263. The topological polar surface area (TPSA) is 161 Å². The van der Waals surface area contributed by atoms with Crippen molar-refractivity contribution in [2.24, 2.45) is 0 Å². The predicted octanol–water partition coefficient (Wildman–Crippen LogP) is -0.0586. The van der Waals surface area contributed by atoms with Gasteiger partial charge >= 0.3 is 29.8 Å². The summed E-state index contributed by atoms with van der Waals surface area (Å²) in [5.41, 5.74) is 0. The summed E-state index contributed by atoms with van der Waals surface area (Å²) in [7, 11) is 1.11. The molecule has 32 heavy (non-hydrogen) atoms. The van der Waals surface area contributed by atoms with Crippen molar-refractivity contribution in [2.75, 3.05) is 13.7 Å². The molecule has 0 aromatic carbocycles. The summed E-state index contributed by atoms with van der Waals surface area (Å²) in [6.45, 7) is 3.84. The monoisotopic (exact) mass is 460 g/mol. The third-order valence-corrected chi connectivity index (χ3v) is 4.23. The number of carbonyl (C=O) groups is 5. The molecule has 0 aromatic heterocycles. The first kappa shape index (κ1) is 27.0. The van der Waals surface area contributed by atoms with Crippen molar-refractivity contribution in [1.82, 2.24) is 0 Å². The van der Waals surface area contributed by atoms with Crippen LogP contribution in [0.25, 0.3) is 0 Å². The van der Waals surface area contributed by atoms with E-state index in [1.807, 2.05) is 0 Å². The number of esters is 5. The summed E-state index contributed by atoms with van der Waals surface area (Å²) in [5.74, 6) is -4.05. The number of methoxy groups -OCH3 is 1. The van der Waals surface area contributed by atoms with Crippen LogP contribution in [0.2, 0.25) is 0 Å². The Kier molecular flexibility index (Phi) is 11.3. The Bertz CT molecular complexity index is 715. The second-order valence-corrected chi connectivity index (χ2v) is 6.44. The molecule has 180 valence electrons. The molecular weight excluding hydrogens is 432 g/mol. The van der Waals surface area contributed by atoms with Crippen LogP contribution in [0.15, 0.2) is 12.2 Å². The molecule has 1 aliphatic heterocycles. The first-order valence-electron chi connectivity index (χ1n) is 10.0. The van der Waals surface area contributed by atoms with E-state index < -0.39 is 67.2 Å². The van der Waals surface area contributed by atoms with Gasteiger partial charge in [0.25, 0.3) is 0 Å². The van der Waals surface area contributed by atoms with Crippen LogP contribution in [-0.2, 0) is 52.4 Å². The molecule has 0 bridgehead atoms. The third kappa shape index (κ3) is 7.93. The maximum atomic E-state index is 12.1. The summed E-state index contributed by atoms with van der Waals surface area (Å²) in [6, 6.07) is 0. The van der Waals surface area contributed by atoms with E-state index in [1.165, 1.54) is 20.8 Å². The Morgan fingerprint density at radius 2 is 1.22 bits per heavy atom. The predicted molar refractivity (Wildman–Crippen MR) is 104 cm³/mol. The van der Waals surface area contributed by atoms with Crippen LogP contribution in [0.4, 0.5) is 0 Å². The van der Waals surface area contributed by atoms with E-state index >= 15 is 0 Å². The molecule has 0 saturated carbocycles. The lowest BCUT2D eigenvalue weighted by Gasteiger charge is -2.43. The van der Waals surface area contributed by atoms with E-state index in [1.54, 1.807) is 0 Å². The van der Waals surface area contributed by atoms with Crippen LogP contribution in [0.1, 0.15) is 40.0 Å². The molecule has 1 rings (SSSR count). The fraction of sp³-hybridized carbons (Fsp3) is 0.650. The second-order valence-electron chi connectivity index (χ2n) is 6.44. The summed E-state index contributed by atoms with van der Waals surface area (Å²) >= 11 is 0. The number of hydrogen-bond acceptors (Lipinski definition) is 12. The molecule has 0 spiro atoms. The number of hydrogen-bond donors (Lipinski definition) is 1. The van der Waals surface area contributed by atoms with Crippen LogP contribution in [0, 0.1) is 0 Å². The van der Waals surface area contributed by atoms with Gasteiger partial charge in [0.2, 0.25) is 12.4 Å². The van der Waals surface area contributed by atoms with Crippen molar-refractivity contribution in [1.29, 1.82) is 0 Å². The van der Waals surface area contributed by atoms with Crippen LogP contribution >= 0.6 is 0 Å². The molecule has 5 atom stereocenters. The van der Waals surface area contributed by atoms with E-state index in [-0.39, 0.29) is 19.3 Å². The molecule has 1 aliphatic rings. The minimum atomic E-state index is -1.65. The Morgan fingerprint density at radius 1 is 0.750 bits per heavy atom. The lowest BCUT2D eigenvalue weighted by Crippen LogP contribution is -2.63. The summed E-state index contributed by atoms with van der Waals surface area (Å²) < 4.78 is 30.9. The Balaban J connectivity index is 3.31. The molecule has 0 aromatic rings.